The fourth-order valence-corrected chi connectivity index (χ4v) is 3.48. The molecule has 2 aromatic carbocycles. The highest BCUT2D eigenvalue weighted by atomic mass is 19.1. The number of halogens is 1. The largest absolute Gasteiger partial charge is 0.493 e. The van der Waals surface area contributed by atoms with E-state index in [1.165, 1.54) is 17.7 Å². The van der Waals surface area contributed by atoms with Crippen LogP contribution in [0.25, 0.3) is 0 Å². The summed E-state index contributed by atoms with van der Waals surface area (Å²) in [5, 5.41) is 0. The fraction of sp³-hybridized carbons (Fsp3) is 0.417. The molecule has 1 aliphatic heterocycles. The number of carbonyl (C=O) groups excluding carboxylic acids is 2. The number of piperazine rings is 1. The molecule has 3 rings (SSSR count). The molecule has 5 nitrogen and oxygen atoms in total. The van der Waals surface area contributed by atoms with E-state index in [1.807, 2.05) is 24.3 Å². The molecular formula is C24H29FN2O3. The van der Waals surface area contributed by atoms with Crippen LogP contribution in [0, 0.1) is 5.82 Å². The minimum Gasteiger partial charge on any atom is -0.493 e. The second kappa shape index (κ2) is 10.2. The Hall–Kier alpha value is -2.89. The minimum atomic E-state index is -0.341. The Labute approximate surface area is 177 Å². The van der Waals surface area contributed by atoms with E-state index in [1.54, 1.807) is 21.9 Å². The maximum absolute atomic E-state index is 13.1. The van der Waals surface area contributed by atoms with Crippen molar-refractivity contribution in [3.63, 3.8) is 0 Å². The van der Waals surface area contributed by atoms with Gasteiger partial charge >= 0.3 is 0 Å². The summed E-state index contributed by atoms with van der Waals surface area (Å²) in [6.07, 6.45) is 0.941. The van der Waals surface area contributed by atoms with Gasteiger partial charge in [0.2, 0.25) is 5.91 Å². The number of hydrogen-bond acceptors (Lipinski definition) is 3. The Morgan fingerprint density at radius 2 is 1.67 bits per heavy atom. The van der Waals surface area contributed by atoms with E-state index >= 15 is 0 Å². The summed E-state index contributed by atoms with van der Waals surface area (Å²) in [6, 6.07) is 13.7. The molecule has 0 aromatic heterocycles. The van der Waals surface area contributed by atoms with Crippen LogP contribution in [-0.4, -0.2) is 54.4 Å². The molecule has 160 valence electrons. The van der Waals surface area contributed by atoms with Gasteiger partial charge in [-0.25, -0.2) is 4.39 Å². The van der Waals surface area contributed by atoms with Gasteiger partial charge in [0.1, 0.15) is 11.6 Å². The normalized spacial score (nSPS) is 14.1. The first-order valence-electron chi connectivity index (χ1n) is 10.5. The van der Waals surface area contributed by atoms with Crippen molar-refractivity contribution < 1.29 is 18.7 Å². The van der Waals surface area contributed by atoms with Crippen LogP contribution in [0.3, 0.4) is 0 Å². The van der Waals surface area contributed by atoms with Crippen LogP contribution in [-0.2, 0) is 4.79 Å². The fourth-order valence-electron chi connectivity index (χ4n) is 3.48. The lowest BCUT2D eigenvalue weighted by atomic mass is 10.0. The van der Waals surface area contributed by atoms with Crippen LogP contribution in [0.5, 0.6) is 5.75 Å². The van der Waals surface area contributed by atoms with Crippen molar-refractivity contribution in [1.29, 1.82) is 0 Å². The first kappa shape index (κ1) is 21.8. The van der Waals surface area contributed by atoms with E-state index in [-0.39, 0.29) is 17.6 Å². The molecule has 0 radical (unpaired) electrons. The second-order valence-electron chi connectivity index (χ2n) is 7.86. The summed E-state index contributed by atoms with van der Waals surface area (Å²) in [5.41, 5.74) is 1.90. The predicted molar refractivity (Wildman–Crippen MR) is 114 cm³/mol. The topological polar surface area (TPSA) is 49.9 Å². The molecule has 1 aliphatic rings. The van der Waals surface area contributed by atoms with Gasteiger partial charge in [-0.1, -0.05) is 32.0 Å². The summed E-state index contributed by atoms with van der Waals surface area (Å²) >= 11 is 0. The van der Waals surface area contributed by atoms with Crippen molar-refractivity contribution in [2.24, 2.45) is 0 Å². The smallest absolute Gasteiger partial charge is 0.253 e. The SMILES string of the molecule is CC(C)c1ccc(C(=O)N2CCN(C(=O)CCCOc3cccc(F)c3)CC2)cc1. The zero-order valence-electron chi connectivity index (χ0n) is 17.6. The Kier molecular flexibility index (Phi) is 7.44. The average molecular weight is 413 g/mol. The van der Waals surface area contributed by atoms with Crippen LogP contribution in [0.1, 0.15) is 48.5 Å². The number of benzene rings is 2. The predicted octanol–water partition coefficient (Wildman–Crippen LogP) is 4.09. The number of carbonyl (C=O) groups is 2. The zero-order chi connectivity index (χ0) is 21.5. The quantitative estimate of drug-likeness (QED) is 0.644. The second-order valence-corrected chi connectivity index (χ2v) is 7.86. The molecule has 0 saturated carbocycles. The third kappa shape index (κ3) is 5.81. The summed E-state index contributed by atoms with van der Waals surface area (Å²) in [5.74, 6) is 0.637. The molecule has 1 heterocycles. The summed E-state index contributed by atoms with van der Waals surface area (Å²) in [7, 11) is 0. The van der Waals surface area contributed by atoms with Crippen molar-refractivity contribution in [3.05, 3.63) is 65.5 Å². The van der Waals surface area contributed by atoms with Crippen LogP contribution in [0.4, 0.5) is 4.39 Å². The molecule has 1 saturated heterocycles. The summed E-state index contributed by atoms with van der Waals surface area (Å²) in [4.78, 5) is 28.7. The van der Waals surface area contributed by atoms with Gasteiger partial charge in [0.25, 0.3) is 5.91 Å². The third-order valence-electron chi connectivity index (χ3n) is 5.34. The first-order valence-corrected chi connectivity index (χ1v) is 10.5. The molecule has 2 amide bonds. The molecule has 0 aliphatic carbocycles. The number of ether oxygens (including phenoxy) is 1. The number of rotatable bonds is 7. The van der Waals surface area contributed by atoms with E-state index in [0.29, 0.717) is 62.9 Å². The van der Waals surface area contributed by atoms with Gasteiger partial charge in [-0.3, -0.25) is 9.59 Å². The average Bonchev–Trinajstić information content (AvgIpc) is 2.76. The molecule has 0 N–H and O–H groups in total. The molecule has 1 fully saturated rings. The lowest BCUT2D eigenvalue weighted by Gasteiger charge is -2.35. The third-order valence-corrected chi connectivity index (χ3v) is 5.34. The molecule has 0 atom stereocenters. The van der Waals surface area contributed by atoms with Gasteiger partial charge in [0.15, 0.2) is 0 Å². The Morgan fingerprint density at radius 1 is 1.00 bits per heavy atom. The molecular weight excluding hydrogens is 383 g/mol. The van der Waals surface area contributed by atoms with Crippen LogP contribution in [0.15, 0.2) is 48.5 Å². The molecule has 30 heavy (non-hydrogen) atoms. The first-order chi connectivity index (χ1) is 14.4. The lowest BCUT2D eigenvalue weighted by molar-refractivity contribution is -0.132. The van der Waals surface area contributed by atoms with E-state index in [9.17, 15) is 14.0 Å². The van der Waals surface area contributed by atoms with E-state index in [0.717, 1.165) is 0 Å². The Morgan fingerprint density at radius 3 is 2.30 bits per heavy atom. The van der Waals surface area contributed by atoms with Crippen LogP contribution < -0.4 is 4.74 Å². The van der Waals surface area contributed by atoms with Crippen molar-refractivity contribution in [2.45, 2.75) is 32.6 Å². The molecule has 6 heteroatoms. The van der Waals surface area contributed by atoms with E-state index < -0.39 is 0 Å². The van der Waals surface area contributed by atoms with Crippen molar-refractivity contribution in [2.75, 3.05) is 32.8 Å². The van der Waals surface area contributed by atoms with Crippen LogP contribution >= 0.6 is 0 Å². The van der Waals surface area contributed by atoms with Crippen molar-refractivity contribution in [1.82, 2.24) is 9.80 Å². The number of nitrogens with zero attached hydrogens (tertiary/aromatic N) is 2. The summed E-state index contributed by atoms with van der Waals surface area (Å²) < 4.78 is 18.6. The zero-order valence-corrected chi connectivity index (χ0v) is 17.6. The lowest BCUT2D eigenvalue weighted by Crippen LogP contribution is -2.50. The molecule has 0 unspecified atom stereocenters. The highest BCUT2D eigenvalue weighted by Gasteiger charge is 2.24. The van der Waals surface area contributed by atoms with Crippen molar-refractivity contribution in [3.8, 4) is 5.75 Å². The minimum absolute atomic E-state index is 0.0147. The standard InChI is InChI=1S/C24H29FN2O3/c1-18(2)19-8-10-20(11-9-19)24(29)27-14-12-26(13-15-27)23(28)7-4-16-30-22-6-3-5-21(25)17-22/h3,5-6,8-11,17-18H,4,7,12-16H2,1-2H3. The van der Waals surface area contributed by atoms with Gasteiger partial charge < -0.3 is 14.5 Å². The number of amides is 2. The van der Waals surface area contributed by atoms with Gasteiger partial charge in [-0.15, -0.1) is 0 Å². The van der Waals surface area contributed by atoms with E-state index in [2.05, 4.69) is 13.8 Å². The summed E-state index contributed by atoms with van der Waals surface area (Å²) in [6.45, 7) is 6.77. The monoisotopic (exact) mass is 412 g/mol. The van der Waals surface area contributed by atoms with Crippen molar-refractivity contribution >= 4 is 11.8 Å². The van der Waals surface area contributed by atoms with E-state index in [4.69, 9.17) is 4.74 Å². The molecule has 2 aromatic rings. The molecule has 0 spiro atoms. The van der Waals surface area contributed by atoms with Gasteiger partial charge in [0, 0.05) is 44.2 Å². The number of hydrogen-bond donors (Lipinski definition) is 0. The Bertz CT molecular complexity index is 859. The Balaban J connectivity index is 1.40. The van der Waals surface area contributed by atoms with Gasteiger partial charge in [-0.2, -0.15) is 0 Å². The maximum atomic E-state index is 13.1. The molecule has 0 bridgehead atoms. The van der Waals surface area contributed by atoms with Crippen LogP contribution in [0.2, 0.25) is 0 Å². The highest BCUT2D eigenvalue weighted by Crippen LogP contribution is 2.17. The highest BCUT2D eigenvalue weighted by molar-refractivity contribution is 5.94. The van der Waals surface area contributed by atoms with Gasteiger partial charge in [0.05, 0.1) is 6.61 Å². The van der Waals surface area contributed by atoms with Gasteiger partial charge in [-0.05, 0) is 42.2 Å². The maximum Gasteiger partial charge on any atom is 0.253 e.